The normalized spacial score (nSPS) is 14.2. The molecule has 0 aliphatic heterocycles. The second kappa shape index (κ2) is 11.4. The van der Waals surface area contributed by atoms with E-state index < -0.39 is 0 Å². The van der Waals surface area contributed by atoms with Crippen LogP contribution in [0.3, 0.4) is 0 Å². The molecule has 0 amide bonds. The molecule has 1 aliphatic rings. The molecule has 1 aliphatic carbocycles. The van der Waals surface area contributed by atoms with Gasteiger partial charge in [-0.3, -0.25) is 4.99 Å². The molecule has 25 heavy (non-hydrogen) atoms. The Morgan fingerprint density at radius 2 is 1.96 bits per heavy atom. The van der Waals surface area contributed by atoms with Crippen molar-refractivity contribution in [2.24, 2.45) is 4.99 Å². The first-order chi connectivity index (χ1) is 12.2. The van der Waals surface area contributed by atoms with Crippen LogP contribution in [0.1, 0.15) is 46.1 Å². The van der Waals surface area contributed by atoms with Crippen LogP contribution < -0.4 is 4.72 Å². The maximum Gasteiger partial charge on any atom is 0.0660 e. The van der Waals surface area contributed by atoms with Gasteiger partial charge in [0.2, 0.25) is 0 Å². The molecule has 132 valence electrons. The zero-order valence-electron chi connectivity index (χ0n) is 15.7. The lowest BCUT2D eigenvalue weighted by Gasteiger charge is -2.21. The van der Waals surface area contributed by atoms with Gasteiger partial charge in [-0.05, 0) is 60.4 Å². The predicted octanol–water partition coefficient (Wildman–Crippen LogP) is 6.01. The summed E-state index contributed by atoms with van der Waals surface area (Å²) in [6, 6.07) is 10.3. The lowest BCUT2D eigenvalue weighted by Crippen LogP contribution is -2.12. The largest absolute Gasteiger partial charge is 0.328 e. The van der Waals surface area contributed by atoms with E-state index in [1.807, 2.05) is 38.1 Å². The molecule has 0 fully saturated rings. The molecule has 0 unspecified atom stereocenters. The molecule has 0 atom stereocenters. The van der Waals surface area contributed by atoms with Crippen LogP contribution in [0.4, 0.5) is 0 Å². The van der Waals surface area contributed by atoms with E-state index >= 15 is 0 Å². The third kappa shape index (κ3) is 6.32. The number of aliphatic imine (C=N–C) groups is 1. The molecule has 0 radical (unpaired) electrons. The molecule has 2 nitrogen and oxygen atoms in total. The summed E-state index contributed by atoms with van der Waals surface area (Å²) in [5.41, 5.74) is 5.51. The zero-order valence-corrected chi connectivity index (χ0v) is 16.5. The average molecular weight is 353 g/mol. The summed E-state index contributed by atoms with van der Waals surface area (Å²) in [6.07, 6.45) is 11.3. The van der Waals surface area contributed by atoms with Crippen molar-refractivity contribution < 1.29 is 0 Å². The first-order valence-corrected chi connectivity index (χ1v) is 9.58. The van der Waals surface area contributed by atoms with Crippen LogP contribution in [0.5, 0.6) is 0 Å². The van der Waals surface area contributed by atoms with Crippen LogP contribution in [-0.4, -0.2) is 12.0 Å². The van der Waals surface area contributed by atoms with Crippen molar-refractivity contribution >= 4 is 24.2 Å². The molecular formula is C22H28N2S. The first-order valence-electron chi connectivity index (χ1n) is 8.70. The minimum Gasteiger partial charge on any atom is -0.328 e. The summed E-state index contributed by atoms with van der Waals surface area (Å²) < 4.78 is 3.41. The van der Waals surface area contributed by atoms with Crippen LogP contribution in [0.15, 0.2) is 64.4 Å². The van der Waals surface area contributed by atoms with Crippen molar-refractivity contribution in [3.63, 3.8) is 0 Å². The number of terminal acetylenes is 1. The van der Waals surface area contributed by atoms with Crippen molar-refractivity contribution in [3.05, 3.63) is 65.0 Å². The van der Waals surface area contributed by atoms with Gasteiger partial charge in [-0.25, -0.2) is 0 Å². The summed E-state index contributed by atoms with van der Waals surface area (Å²) in [6.45, 7) is 12.0. The van der Waals surface area contributed by atoms with Gasteiger partial charge in [0, 0.05) is 5.25 Å². The van der Waals surface area contributed by atoms with Crippen molar-refractivity contribution in [2.75, 3.05) is 0 Å². The molecule has 0 heterocycles. The number of allylic oxidation sites excluding steroid dienone is 5. The van der Waals surface area contributed by atoms with Crippen molar-refractivity contribution in [1.82, 2.24) is 4.72 Å². The Bertz CT molecular complexity index is 688. The second-order valence-corrected chi connectivity index (χ2v) is 6.93. The summed E-state index contributed by atoms with van der Waals surface area (Å²) in [7, 11) is 0. The zero-order chi connectivity index (χ0) is 18.7. The molecule has 0 saturated carbocycles. The summed E-state index contributed by atoms with van der Waals surface area (Å²) in [5.74, 6) is 2.67. The summed E-state index contributed by atoms with van der Waals surface area (Å²) in [5, 5.41) is 0.488. The fraction of sp³-hybridized carbons (Fsp3) is 0.318. The van der Waals surface area contributed by atoms with Crippen LogP contribution in [0.2, 0.25) is 0 Å². The van der Waals surface area contributed by atoms with Crippen molar-refractivity contribution in [3.8, 4) is 12.3 Å². The molecule has 2 rings (SSSR count). The van der Waals surface area contributed by atoms with E-state index in [-0.39, 0.29) is 0 Å². The Hall–Kier alpha value is -2.18. The molecular weight excluding hydrogens is 324 g/mol. The Balaban J connectivity index is 0.00000151. The fourth-order valence-corrected chi connectivity index (χ4v) is 2.97. The fourth-order valence-electron chi connectivity index (χ4n) is 2.43. The standard InChI is InChI=1S/C20H22N2S.C2H6/c1-5-9-18(16-10-7-6-8-11-16)17-12-13-19(21-4)20(14-17)22-23-15(2)3;1-2/h1,6-11,14-15,22H,4,12-13H2,2-3H3;1-2H3/b18-9+;. The molecule has 1 N–H and O–H groups in total. The minimum absolute atomic E-state index is 0.488. The van der Waals surface area contributed by atoms with E-state index in [0.717, 1.165) is 35.4 Å². The van der Waals surface area contributed by atoms with E-state index in [1.54, 1.807) is 11.9 Å². The van der Waals surface area contributed by atoms with E-state index in [1.165, 1.54) is 5.57 Å². The number of nitrogens with one attached hydrogen (secondary N) is 1. The van der Waals surface area contributed by atoms with Gasteiger partial charge in [-0.1, -0.05) is 63.9 Å². The number of nitrogens with zero attached hydrogens (tertiary/aromatic N) is 1. The predicted molar refractivity (Wildman–Crippen MR) is 114 cm³/mol. The van der Waals surface area contributed by atoms with Crippen LogP contribution in [0, 0.1) is 12.3 Å². The van der Waals surface area contributed by atoms with E-state index in [9.17, 15) is 0 Å². The average Bonchev–Trinajstić information content (AvgIpc) is 2.66. The van der Waals surface area contributed by atoms with Crippen molar-refractivity contribution in [2.45, 2.75) is 45.8 Å². The van der Waals surface area contributed by atoms with E-state index in [0.29, 0.717) is 5.25 Å². The molecule has 0 saturated heterocycles. The smallest absolute Gasteiger partial charge is 0.0660 e. The van der Waals surface area contributed by atoms with Crippen LogP contribution in [-0.2, 0) is 0 Å². The first kappa shape index (κ1) is 20.9. The maximum atomic E-state index is 5.55. The summed E-state index contributed by atoms with van der Waals surface area (Å²) >= 11 is 1.68. The van der Waals surface area contributed by atoms with Gasteiger partial charge in [0.15, 0.2) is 0 Å². The Labute approximate surface area is 157 Å². The molecule has 1 aromatic rings. The van der Waals surface area contributed by atoms with Crippen LogP contribution >= 0.6 is 11.9 Å². The maximum absolute atomic E-state index is 5.55. The minimum atomic E-state index is 0.488. The highest BCUT2D eigenvalue weighted by Crippen LogP contribution is 2.33. The second-order valence-electron chi connectivity index (χ2n) is 5.55. The highest BCUT2D eigenvalue weighted by Gasteiger charge is 2.16. The Kier molecular flexibility index (Phi) is 9.50. The summed E-state index contributed by atoms with van der Waals surface area (Å²) in [4.78, 5) is 4.17. The monoisotopic (exact) mass is 352 g/mol. The van der Waals surface area contributed by atoms with Crippen LogP contribution in [0.25, 0.3) is 5.57 Å². The molecule has 0 bridgehead atoms. The number of benzene rings is 1. The topological polar surface area (TPSA) is 24.4 Å². The van der Waals surface area contributed by atoms with Crippen molar-refractivity contribution in [1.29, 1.82) is 0 Å². The molecule has 1 aromatic carbocycles. The third-order valence-corrected chi connectivity index (χ3v) is 4.32. The number of hydrogen-bond donors (Lipinski definition) is 1. The highest BCUT2D eigenvalue weighted by atomic mass is 32.2. The highest BCUT2D eigenvalue weighted by molar-refractivity contribution is 7.98. The van der Waals surface area contributed by atoms with Gasteiger partial charge in [-0.15, -0.1) is 6.42 Å². The van der Waals surface area contributed by atoms with Gasteiger partial charge in [0.05, 0.1) is 11.4 Å². The SMILES string of the molecule is C#C/C=C(/C1=CC(NSC(C)C)=C(N=C)CC1)c1ccccc1.CC. The molecule has 3 heteroatoms. The quantitative estimate of drug-likeness (QED) is 0.385. The van der Waals surface area contributed by atoms with Gasteiger partial charge in [0.25, 0.3) is 0 Å². The molecule has 0 aromatic heterocycles. The van der Waals surface area contributed by atoms with E-state index in [4.69, 9.17) is 6.42 Å². The third-order valence-electron chi connectivity index (χ3n) is 3.51. The van der Waals surface area contributed by atoms with Gasteiger partial charge >= 0.3 is 0 Å². The lowest BCUT2D eigenvalue weighted by atomic mass is 9.90. The van der Waals surface area contributed by atoms with Gasteiger partial charge < -0.3 is 4.72 Å². The number of rotatable bonds is 6. The Morgan fingerprint density at radius 1 is 1.28 bits per heavy atom. The lowest BCUT2D eigenvalue weighted by molar-refractivity contribution is 0.883. The van der Waals surface area contributed by atoms with Gasteiger partial charge in [0.1, 0.15) is 0 Å². The molecule has 0 spiro atoms. The number of hydrogen-bond acceptors (Lipinski definition) is 3. The van der Waals surface area contributed by atoms with Gasteiger partial charge in [-0.2, -0.15) is 0 Å². The Morgan fingerprint density at radius 3 is 2.52 bits per heavy atom. The van der Waals surface area contributed by atoms with E-state index in [2.05, 4.69) is 54.4 Å².